The summed E-state index contributed by atoms with van der Waals surface area (Å²) in [5.41, 5.74) is 0.999. The summed E-state index contributed by atoms with van der Waals surface area (Å²) >= 11 is 0. The third-order valence-electron chi connectivity index (χ3n) is 7.10. The van der Waals surface area contributed by atoms with E-state index in [0.29, 0.717) is 12.0 Å². The maximum atomic E-state index is 12.3. The third-order valence-corrected chi connectivity index (χ3v) is 7.10. The number of amides is 1. The van der Waals surface area contributed by atoms with Crippen LogP contribution >= 0.6 is 0 Å². The number of ether oxygens (including phenoxy) is 1. The molecule has 1 spiro atoms. The molecule has 0 unspecified atom stereocenters. The van der Waals surface area contributed by atoms with Crippen LogP contribution in [0.5, 0.6) is 0 Å². The van der Waals surface area contributed by atoms with Gasteiger partial charge in [-0.1, -0.05) is 0 Å². The fourth-order valence-electron chi connectivity index (χ4n) is 5.02. The van der Waals surface area contributed by atoms with Gasteiger partial charge in [-0.05, 0) is 65.4 Å². The number of carbonyl (C=O) groups excluding carboxylic acids is 1. The number of aromatic nitrogens is 4. The smallest absolute Gasteiger partial charge is 0.410 e. The number of hydrogen-bond donors (Lipinski definition) is 2. The van der Waals surface area contributed by atoms with E-state index in [0.717, 1.165) is 56.4 Å². The second-order valence-electron chi connectivity index (χ2n) is 11.0. The van der Waals surface area contributed by atoms with Crippen LogP contribution in [0, 0.1) is 5.41 Å². The Morgan fingerprint density at radius 1 is 1.21 bits per heavy atom. The normalized spacial score (nSPS) is 20.4. The molecule has 0 aromatic carbocycles. The quantitative estimate of drug-likeness (QED) is 0.690. The summed E-state index contributed by atoms with van der Waals surface area (Å²) in [5.74, 6) is 2.91. The van der Waals surface area contributed by atoms with Gasteiger partial charge in [0.15, 0.2) is 5.82 Å². The lowest BCUT2D eigenvalue weighted by molar-refractivity contribution is -0.0504. The minimum Gasteiger partial charge on any atom is -0.444 e. The lowest BCUT2D eigenvalue weighted by Crippen LogP contribution is -2.61. The van der Waals surface area contributed by atoms with Gasteiger partial charge in [0.1, 0.15) is 11.4 Å². The second kappa shape index (κ2) is 8.18. The van der Waals surface area contributed by atoms with Gasteiger partial charge in [0.2, 0.25) is 5.95 Å². The molecule has 0 radical (unpaired) electrons. The number of likely N-dealkylation sites (tertiary alicyclic amines) is 1. The summed E-state index contributed by atoms with van der Waals surface area (Å²) in [5, 5.41) is 10.8. The molecule has 33 heavy (non-hydrogen) atoms. The highest BCUT2D eigenvalue weighted by atomic mass is 16.6. The topological polar surface area (TPSA) is 99.3 Å². The van der Waals surface area contributed by atoms with Crippen molar-refractivity contribution in [3.05, 3.63) is 24.0 Å². The summed E-state index contributed by atoms with van der Waals surface area (Å²) in [6.07, 6.45) is 8.45. The molecule has 1 amide bonds. The minimum atomic E-state index is -0.444. The Hall–Kier alpha value is -2.84. The molecule has 0 bridgehead atoms. The van der Waals surface area contributed by atoms with Gasteiger partial charge in [-0.15, -0.1) is 0 Å². The second-order valence-corrected chi connectivity index (χ2v) is 11.0. The average molecular weight is 454 g/mol. The number of aromatic amines is 1. The van der Waals surface area contributed by atoms with E-state index in [-0.39, 0.29) is 11.5 Å². The van der Waals surface area contributed by atoms with Gasteiger partial charge < -0.3 is 19.9 Å². The molecule has 1 saturated heterocycles. The molecular weight excluding hydrogens is 418 g/mol. The zero-order chi connectivity index (χ0) is 23.2. The molecule has 2 aliphatic carbocycles. The van der Waals surface area contributed by atoms with Crippen molar-refractivity contribution in [3.63, 3.8) is 0 Å². The SMILES string of the molecule is CN(c1nccc(Nc2cc(C3CC3)[nH]n2)n1)C1CCC2(CC1)CN(C(=O)OC(C)(C)C)C2. The fourth-order valence-corrected chi connectivity index (χ4v) is 5.02. The number of H-pyrrole nitrogens is 1. The number of carbonyl (C=O) groups is 1. The van der Waals surface area contributed by atoms with Crippen molar-refractivity contribution in [2.24, 2.45) is 5.41 Å². The molecule has 0 atom stereocenters. The predicted octanol–water partition coefficient (Wildman–Crippen LogP) is 4.44. The number of nitrogens with one attached hydrogen (secondary N) is 2. The van der Waals surface area contributed by atoms with E-state index in [2.05, 4.69) is 38.5 Å². The van der Waals surface area contributed by atoms with Crippen LogP contribution in [0.3, 0.4) is 0 Å². The van der Waals surface area contributed by atoms with Crippen molar-refractivity contribution >= 4 is 23.7 Å². The molecule has 2 N–H and O–H groups in total. The van der Waals surface area contributed by atoms with Crippen LogP contribution in [0.2, 0.25) is 0 Å². The fraction of sp³-hybridized carbons (Fsp3) is 0.667. The predicted molar refractivity (Wildman–Crippen MR) is 127 cm³/mol. The Morgan fingerprint density at radius 2 is 1.94 bits per heavy atom. The van der Waals surface area contributed by atoms with Gasteiger partial charge in [0.25, 0.3) is 0 Å². The van der Waals surface area contributed by atoms with Crippen LogP contribution in [0.4, 0.5) is 22.4 Å². The van der Waals surface area contributed by atoms with Crippen molar-refractivity contribution < 1.29 is 9.53 Å². The van der Waals surface area contributed by atoms with Gasteiger partial charge in [-0.2, -0.15) is 10.1 Å². The molecule has 178 valence electrons. The molecule has 9 nitrogen and oxygen atoms in total. The van der Waals surface area contributed by atoms with Crippen LogP contribution in [0.25, 0.3) is 0 Å². The summed E-state index contributed by atoms with van der Waals surface area (Å²) in [7, 11) is 2.08. The molecule has 2 aromatic rings. The highest BCUT2D eigenvalue weighted by molar-refractivity contribution is 5.69. The van der Waals surface area contributed by atoms with Crippen LogP contribution < -0.4 is 10.2 Å². The Morgan fingerprint density at radius 3 is 2.61 bits per heavy atom. The summed E-state index contributed by atoms with van der Waals surface area (Å²) in [4.78, 5) is 25.6. The molecule has 9 heteroatoms. The first-order valence-corrected chi connectivity index (χ1v) is 12.1. The van der Waals surface area contributed by atoms with Gasteiger partial charge >= 0.3 is 6.09 Å². The van der Waals surface area contributed by atoms with E-state index in [1.807, 2.05) is 31.7 Å². The van der Waals surface area contributed by atoms with Crippen LogP contribution in [0.15, 0.2) is 18.3 Å². The zero-order valence-corrected chi connectivity index (χ0v) is 20.1. The minimum absolute atomic E-state index is 0.189. The number of hydrogen-bond acceptors (Lipinski definition) is 7. The van der Waals surface area contributed by atoms with E-state index in [1.165, 1.54) is 18.5 Å². The maximum Gasteiger partial charge on any atom is 0.410 e. The molecule has 2 saturated carbocycles. The van der Waals surface area contributed by atoms with Gasteiger partial charge in [-0.3, -0.25) is 5.10 Å². The molecule has 1 aliphatic heterocycles. The van der Waals surface area contributed by atoms with Crippen LogP contribution in [0.1, 0.15) is 70.9 Å². The Bertz CT molecular complexity index is 994. The van der Waals surface area contributed by atoms with E-state index in [4.69, 9.17) is 9.72 Å². The lowest BCUT2D eigenvalue weighted by atomic mass is 9.67. The molecular formula is C24H35N7O2. The van der Waals surface area contributed by atoms with Crippen molar-refractivity contribution in [2.45, 2.75) is 76.9 Å². The standard InChI is InChI=1S/C24H35N7O2/c1-23(2,3)33-22(32)31-14-24(15-31)10-7-17(8-11-24)30(4)21-25-12-9-19(27-21)26-20-13-18(28-29-20)16-5-6-16/h9,12-13,16-17H,5-8,10-11,14-15H2,1-4H3,(H2,25,26,27,28,29). The first-order valence-electron chi connectivity index (χ1n) is 12.1. The number of nitrogens with zero attached hydrogens (tertiary/aromatic N) is 5. The van der Waals surface area contributed by atoms with Crippen LogP contribution in [-0.2, 0) is 4.74 Å². The van der Waals surface area contributed by atoms with Gasteiger partial charge in [0, 0.05) is 55.5 Å². The summed E-state index contributed by atoms with van der Waals surface area (Å²) < 4.78 is 5.51. The van der Waals surface area contributed by atoms with E-state index in [9.17, 15) is 4.79 Å². The van der Waals surface area contributed by atoms with E-state index < -0.39 is 5.60 Å². The van der Waals surface area contributed by atoms with Crippen molar-refractivity contribution in [3.8, 4) is 0 Å². The summed E-state index contributed by atoms with van der Waals surface area (Å²) in [6, 6.07) is 4.34. The van der Waals surface area contributed by atoms with Crippen molar-refractivity contribution in [1.29, 1.82) is 0 Å². The van der Waals surface area contributed by atoms with E-state index >= 15 is 0 Å². The van der Waals surface area contributed by atoms with Crippen LogP contribution in [-0.4, -0.2) is 62.9 Å². The number of rotatable bonds is 5. The summed E-state index contributed by atoms with van der Waals surface area (Å²) in [6.45, 7) is 7.35. The van der Waals surface area contributed by atoms with Crippen molar-refractivity contribution in [1.82, 2.24) is 25.1 Å². The maximum absolute atomic E-state index is 12.3. The Balaban J connectivity index is 1.14. The van der Waals surface area contributed by atoms with Gasteiger partial charge in [0.05, 0.1) is 0 Å². The zero-order valence-electron chi connectivity index (χ0n) is 20.1. The highest BCUT2D eigenvalue weighted by Crippen LogP contribution is 2.45. The molecule has 3 heterocycles. The monoisotopic (exact) mass is 453 g/mol. The number of anilines is 3. The molecule has 3 fully saturated rings. The molecule has 5 rings (SSSR count). The largest absolute Gasteiger partial charge is 0.444 e. The lowest BCUT2D eigenvalue weighted by Gasteiger charge is -2.53. The average Bonchev–Trinajstić information content (AvgIpc) is 3.50. The molecule has 3 aliphatic rings. The van der Waals surface area contributed by atoms with Crippen molar-refractivity contribution in [2.75, 3.05) is 30.4 Å². The third kappa shape index (κ3) is 4.91. The first-order chi connectivity index (χ1) is 15.7. The van der Waals surface area contributed by atoms with E-state index in [1.54, 1.807) is 6.20 Å². The highest BCUT2D eigenvalue weighted by Gasteiger charge is 2.48. The first kappa shape index (κ1) is 22.0. The molecule has 2 aromatic heterocycles. The Kier molecular flexibility index (Phi) is 5.45. The van der Waals surface area contributed by atoms with Gasteiger partial charge in [-0.25, -0.2) is 9.78 Å². The Labute approximate surface area is 195 Å².